The standard InChI is InChI=1S/C39H44N6O5Si/c1-5-18-45-34-16-15-28(41-36(47)20-27-22-40-32-14-10-9-13-29(27)32)21-31(34)39(38(45)48)25(2)37(51(3,4)49)35(50-39)17-19-44-23-33(42-43-44)30(24-46)26-11-7-6-8-12-26/h5-16,21-23,25,30,35,37,40,46,49H,1,17-20,24H2,2-4H3,(H,41,47)/t25-,30?,35+,37-,39+/m1/s1. The number of benzene rings is 3. The molecule has 264 valence electrons. The largest absolute Gasteiger partial charge is 0.432 e. The Morgan fingerprint density at radius 1 is 1.16 bits per heavy atom. The van der Waals surface area contributed by atoms with Crippen LogP contribution in [-0.2, 0) is 32.9 Å². The number of rotatable bonds is 12. The molecular formula is C39H44N6O5Si. The maximum absolute atomic E-state index is 14.5. The van der Waals surface area contributed by atoms with Crippen LogP contribution >= 0.6 is 0 Å². The first-order valence-electron chi connectivity index (χ1n) is 17.4. The van der Waals surface area contributed by atoms with Crippen molar-refractivity contribution in [1.82, 2.24) is 20.0 Å². The molecule has 0 radical (unpaired) electrons. The number of anilines is 2. The van der Waals surface area contributed by atoms with Crippen LogP contribution in [0.25, 0.3) is 10.9 Å². The average molecular weight is 705 g/mol. The van der Waals surface area contributed by atoms with Crippen molar-refractivity contribution < 1.29 is 24.2 Å². The second-order valence-corrected chi connectivity index (χ2v) is 18.2. The van der Waals surface area contributed by atoms with Gasteiger partial charge in [-0.1, -0.05) is 66.7 Å². The zero-order valence-corrected chi connectivity index (χ0v) is 30.1. The zero-order valence-electron chi connectivity index (χ0n) is 29.1. The number of nitrogens with one attached hydrogen (secondary N) is 2. The second-order valence-electron chi connectivity index (χ2n) is 14.2. The monoisotopic (exact) mass is 704 g/mol. The summed E-state index contributed by atoms with van der Waals surface area (Å²) in [6.07, 6.45) is 5.60. The average Bonchev–Trinajstić information content (AvgIpc) is 3.87. The van der Waals surface area contributed by atoms with Crippen molar-refractivity contribution in [3.63, 3.8) is 0 Å². The summed E-state index contributed by atoms with van der Waals surface area (Å²) in [6.45, 7) is 10.3. The molecule has 1 fully saturated rings. The first-order valence-corrected chi connectivity index (χ1v) is 20.5. The predicted octanol–water partition coefficient (Wildman–Crippen LogP) is 5.49. The van der Waals surface area contributed by atoms with Crippen LogP contribution in [0, 0.1) is 5.92 Å². The molecule has 7 rings (SSSR count). The van der Waals surface area contributed by atoms with Crippen molar-refractivity contribution in [2.45, 2.75) is 62.6 Å². The molecule has 51 heavy (non-hydrogen) atoms. The van der Waals surface area contributed by atoms with E-state index in [1.807, 2.05) is 105 Å². The highest BCUT2D eigenvalue weighted by molar-refractivity contribution is 6.71. The number of aromatic amines is 1. The maximum atomic E-state index is 14.5. The summed E-state index contributed by atoms with van der Waals surface area (Å²) in [6, 6.07) is 23.1. The minimum absolute atomic E-state index is 0.102. The van der Waals surface area contributed by atoms with Gasteiger partial charge in [-0.05, 0) is 54.9 Å². The number of aliphatic hydroxyl groups is 1. The van der Waals surface area contributed by atoms with Crippen LogP contribution in [0.4, 0.5) is 11.4 Å². The first-order chi connectivity index (χ1) is 24.5. The lowest BCUT2D eigenvalue weighted by Crippen LogP contribution is -2.46. The van der Waals surface area contributed by atoms with Gasteiger partial charge in [0.1, 0.15) is 0 Å². The van der Waals surface area contributed by atoms with Crippen LogP contribution in [0.2, 0.25) is 18.6 Å². The van der Waals surface area contributed by atoms with E-state index in [1.165, 1.54) is 0 Å². The molecule has 1 saturated heterocycles. The SMILES string of the molecule is C=CCN1C(=O)[C@@]2(O[C@@H](CCn3cc(C(CO)c4ccccc4)nn3)[C@H]([Si](C)(C)O)[C@H]2C)c2cc(NC(=O)Cc3c[nH]c4ccccc34)ccc21. The molecule has 0 bridgehead atoms. The van der Waals surface area contributed by atoms with E-state index in [1.54, 1.807) is 15.7 Å². The van der Waals surface area contributed by atoms with E-state index < -0.39 is 20.0 Å². The number of hydrogen-bond acceptors (Lipinski definition) is 7. The molecule has 1 spiro atoms. The molecule has 2 aliphatic heterocycles. The predicted molar refractivity (Wildman–Crippen MR) is 199 cm³/mol. The normalized spacial score (nSPS) is 22.1. The number of aryl methyl sites for hydroxylation is 1. The number of amides is 2. The lowest BCUT2D eigenvalue weighted by atomic mass is 9.82. The Labute approximate surface area is 298 Å². The van der Waals surface area contributed by atoms with E-state index in [4.69, 9.17) is 4.74 Å². The Bertz CT molecular complexity index is 2070. The van der Waals surface area contributed by atoms with Crippen molar-refractivity contribution in [3.8, 4) is 0 Å². The van der Waals surface area contributed by atoms with E-state index >= 15 is 0 Å². The summed E-state index contributed by atoms with van der Waals surface area (Å²) < 4.78 is 8.70. The van der Waals surface area contributed by atoms with Gasteiger partial charge in [0.25, 0.3) is 5.91 Å². The van der Waals surface area contributed by atoms with Crippen LogP contribution in [0.5, 0.6) is 0 Å². The summed E-state index contributed by atoms with van der Waals surface area (Å²) in [4.78, 5) is 44.5. The van der Waals surface area contributed by atoms with Crippen molar-refractivity contribution in [2.75, 3.05) is 23.4 Å². The first kappa shape index (κ1) is 34.6. The molecule has 1 unspecified atom stereocenters. The van der Waals surface area contributed by atoms with Gasteiger partial charge in [0.15, 0.2) is 13.9 Å². The molecular weight excluding hydrogens is 661 g/mol. The highest BCUT2D eigenvalue weighted by Crippen LogP contribution is 2.60. The highest BCUT2D eigenvalue weighted by Gasteiger charge is 2.66. The Morgan fingerprint density at radius 2 is 1.92 bits per heavy atom. The molecule has 2 amide bonds. The second kappa shape index (κ2) is 13.7. The van der Waals surface area contributed by atoms with Gasteiger partial charge in [-0.2, -0.15) is 0 Å². The molecule has 11 nitrogen and oxygen atoms in total. The topological polar surface area (TPSA) is 146 Å². The number of carbonyl (C=O) groups excluding carboxylic acids is 2. The fraction of sp³-hybridized carbons (Fsp3) is 0.333. The molecule has 5 atom stereocenters. The zero-order chi connectivity index (χ0) is 35.9. The van der Waals surface area contributed by atoms with Gasteiger partial charge in [0.05, 0.1) is 36.4 Å². The summed E-state index contributed by atoms with van der Waals surface area (Å²) in [5, 5.41) is 22.9. The lowest BCUT2D eigenvalue weighted by molar-refractivity contribution is -0.145. The van der Waals surface area contributed by atoms with Crippen LogP contribution in [0.3, 0.4) is 0 Å². The summed E-state index contributed by atoms with van der Waals surface area (Å²) in [5.74, 6) is -1.04. The van der Waals surface area contributed by atoms with Gasteiger partial charge in [-0.15, -0.1) is 11.7 Å². The molecule has 0 saturated carbocycles. The Morgan fingerprint density at radius 3 is 2.67 bits per heavy atom. The number of carbonyl (C=O) groups is 2. The molecule has 5 aromatic rings. The van der Waals surface area contributed by atoms with Gasteiger partial charge in [-0.3, -0.25) is 14.3 Å². The third kappa shape index (κ3) is 6.22. The molecule has 4 N–H and O–H groups in total. The molecule has 2 aromatic heterocycles. The quantitative estimate of drug-likeness (QED) is 0.0994. The number of ether oxygens (including phenoxy) is 1. The van der Waals surface area contributed by atoms with Crippen molar-refractivity contribution >= 4 is 42.4 Å². The van der Waals surface area contributed by atoms with Gasteiger partial charge >= 0.3 is 0 Å². The van der Waals surface area contributed by atoms with Crippen LogP contribution in [-0.4, -0.2) is 69.3 Å². The van der Waals surface area contributed by atoms with Gasteiger partial charge < -0.3 is 29.8 Å². The van der Waals surface area contributed by atoms with Gasteiger partial charge in [0, 0.05) is 59.1 Å². The Balaban J connectivity index is 1.16. The van der Waals surface area contributed by atoms with Gasteiger partial charge in [0.2, 0.25) is 5.91 Å². The smallest absolute Gasteiger partial charge is 0.264 e. The van der Waals surface area contributed by atoms with E-state index in [9.17, 15) is 19.5 Å². The number of para-hydroxylation sites is 1. The lowest BCUT2D eigenvalue weighted by Gasteiger charge is -2.32. The molecule has 4 heterocycles. The van der Waals surface area contributed by atoms with Crippen molar-refractivity contribution in [3.05, 3.63) is 120 Å². The number of H-pyrrole nitrogens is 1. The van der Waals surface area contributed by atoms with E-state index in [2.05, 4.69) is 27.2 Å². The fourth-order valence-corrected chi connectivity index (χ4v) is 10.9. The number of hydrogen-bond donors (Lipinski definition) is 4. The van der Waals surface area contributed by atoms with Crippen molar-refractivity contribution in [1.29, 1.82) is 0 Å². The molecule has 0 aliphatic carbocycles. The summed E-state index contributed by atoms with van der Waals surface area (Å²) in [7, 11) is -2.90. The van der Waals surface area contributed by atoms with E-state index in [0.29, 0.717) is 42.1 Å². The Kier molecular flexibility index (Phi) is 9.27. The van der Waals surface area contributed by atoms with Gasteiger partial charge in [-0.25, -0.2) is 0 Å². The summed E-state index contributed by atoms with van der Waals surface area (Å²) >= 11 is 0. The Hall–Kier alpha value is -4.88. The molecule has 2 aliphatic rings. The minimum atomic E-state index is -2.90. The number of fused-ring (bicyclic) bond motifs is 3. The van der Waals surface area contributed by atoms with Crippen LogP contribution < -0.4 is 10.2 Å². The number of aromatic nitrogens is 4. The number of nitrogens with zero attached hydrogens (tertiary/aromatic N) is 4. The highest BCUT2D eigenvalue weighted by atomic mass is 28.4. The van der Waals surface area contributed by atoms with E-state index in [0.717, 1.165) is 22.0 Å². The fourth-order valence-electron chi connectivity index (χ4n) is 8.29. The number of aliphatic hydroxyl groups excluding tert-OH is 1. The molecule has 3 aromatic carbocycles. The van der Waals surface area contributed by atoms with Crippen LogP contribution in [0.15, 0.2) is 97.8 Å². The third-order valence-electron chi connectivity index (χ3n) is 10.5. The third-order valence-corrected chi connectivity index (χ3v) is 13.0. The molecule has 12 heteroatoms. The van der Waals surface area contributed by atoms with E-state index in [-0.39, 0.29) is 42.2 Å². The minimum Gasteiger partial charge on any atom is -0.432 e. The maximum Gasteiger partial charge on any atom is 0.264 e. The van der Waals surface area contributed by atoms with Crippen molar-refractivity contribution in [2.24, 2.45) is 5.92 Å². The summed E-state index contributed by atoms with van der Waals surface area (Å²) in [5.41, 5.74) is 3.78. The van der Waals surface area contributed by atoms with Crippen LogP contribution in [0.1, 0.15) is 41.6 Å².